The van der Waals surface area contributed by atoms with Crippen molar-refractivity contribution >= 4 is 34.6 Å². The first-order valence-corrected chi connectivity index (χ1v) is 12.8. The molecule has 2 aliphatic rings. The van der Waals surface area contributed by atoms with Crippen molar-refractivity contribution in [2.24, 2.45) is 9.98 Å². The summed E-state index contributed by atoms with van der Waals surface area (Å²) in [6.07, 6.45) is 0. The molecule has 6 nitrogen and oxygen atoms in total. The molecule has 4 aromatic carbocycles. The van der Waals surface area contributed by atoms with Crippen molar-refractivity contribution in [2.75, 3.05) is 10.2 Å². The van der Waals surface area contributed by atoms with Crippen LogP contribution in [0.15, 0.2) is 119 Å². The number of aromatic nitrogens is 2. The van der Waals surface area contributed by atoms with Crippen molar-refractivity contribution in [3.05, 3.63) is 132 Å². The zero-order valence-corrected chi connectivity index (χ0v) is 21.2. The molecule has 5 aromatic rings. The lowest BCUT2D eigenvalue weighted by molar-refractivity contribution is 0.815. The van der Waals surface area contributed by atoms with Gasteiger partial charge in [-0.2, -0.15) is 5.10 Å². The predicted octanol–water partition coefficient (Wildman–Crippen LogP) is 7.28. The zero-order chi connectivity index (χ0) is 25.6. The summed E-state index contributed by atoms with van der Waals surface area (Å²) >= 11 is 0. The summed E-state index contributed by atoms with van der Waals surface area (Å²) in [7, 11) is 0. The fraction of sp³-hybridized carbons (Fsp3) is 0.0938. The van der Waals surface area contributed by atoms with Gasteiger partial charge < -0.3 is 10.2 Å². The monoisotopic (exact) mass is 494 g/mol. The maximum atomic E-state index is 5.29. The van der Waals surface area contributed by atoms with Crippen LogP contribution < -0.4 is 10.2 Å². The number of nitrogens with one attached hydrogen (secondary N) is 1. The SMILES string of the molecule is Cc1ccc(-n2nc(C)c3c2N=C2C(Nc4ccccc4)=Nc4ccccc4N2[C@H]3c2ccccc2)cc1. The zero-order valence-electron chi connectivity index (χ0n) is 21.2. The molecule has 0 amide bonds. The minimum absolute atomic E-state index is 0.123. The second kappa shape index (κ2) is 8.85. The minimum atomic E-state index is -0.123. The van der Waals surface area contributed by atoms with Crippen molar-refractivity contribution in [1.82, 2.24) is 9.78 Å². The summed E-state index contributed by atoms with van der Waals surface area (Å²) < 4.78 is 1.96. The number of hydrogen-bond acceptors (Lipinski definition) is 5. The Morgan fingerprint density at radius 3 is 2.16 bits per heavy atom. The van der Waals surface area contributed by atoms with Crippen molar-refractivity contribution in [1.29, 1.82) is 0 Å². The molecule has 2 aliphatic heterocycles. The molecule has 7 rings (SSSR count). The average molecular weight is 495 g/mol. The molecule has 0 saturated heterocycles. The molecule has 0 fully saturated rings. The standard InChI is InChI=1S/C32H26N6/c1-21-17-19-25(20-18-21)38-31-28(22(2)36-38)29(23-11-5-3-6-12-23)37-27-16-10-9-15-26(27)34-30(32(37)35-31)33-24-13-7-4-8-14-24/h3-20,29H,1-2H3,(H,33,34)/t29-/m0/s1. The van der Waals surface area contributed by atoms with Gasteiger partial charge in [0, 0.05) is 11.3 Å². The van der Waals surface area contributed by atoms with Crippen LogP contribution in [-0.4, -0.2) is 21.5 Å². The molecule has 3 heterocycles. The number of fused-ring (bicyclic) bond motifs is 4. The molecule has 0 bridgehead atoms. The smallest absolute Gasteiger partial charge is 0.179 e. The molecule has 38 heavy (non-hydrogen) atoms. The van der Waals surface area contributed by atoms with Gasteiger partial charge in [-0.15, -0.1) is 0 Å². The summed E-state index contributed by atoms with van der Waals surface area (Å²) in [5.41, 5.74) is 8.28. The molecule has 0 spiro atoms. The van der Waals surface area contributed by atoms with Gasteiger partial charge in [0.25, 0.3) is 0 Å². The van der Waals surface area contributed by atoms with E-state index in [1.165, 1.54) is 11.1 Å². The maximum Gasteiger partial charge on any atom is 0.179 e. The van der Waals surface area contributed by atoms with Gasteiger partial charge in [-0.25, -0.2) is 14.7 Å². The topological polar surface area (TPSA) is 57.8 Å². The lowest BCUT2D eigenvalue weighted by Crippen LogP contribution is -2.46. The van der Waals surface area contributed by atoms with Crippen LogP contribution >= 0.6 is 0 Å². The highest BCUT2D eigenvalue weighted by molar-refractivity contribution is 6.51. The molecular formula is C32H26N6. The number of amidine groups is 2. The molecule has 0 aliphatic carbocycles. The van der Waals surface area contributed by atoms with Gasteiger partial charge in [0.15, 0.2) is 17.5 Å². The van der Waals surface area contributed by atoms with E-state index in [-0.39, 0.29) is 6.04 Å². The highest BCUT2D eigenvalue weighted by Gasteiger charge is 2.41. The number of benzene rings is 4. The van der Waals surface area contributed by atoms with E-state index in [0.29, 0.717) is 5.84 Å². The van der Waals surface area contributed by atoms with Gasteiger partial charge >= 0.3 is 0 Å². The highest BCUT2D eigenvalue weighted by atomic mass is 15.4. The molecule has 0 saturated carbocycles. The quantitative estimate of drug-likeness (QED) is 0.287. The van der Waals surface area contributed by atoms with E-state index in [0.717, 1.165) is 45.7 Å². The first kappa shape index (κ1) is 22.2. The molecular weight excluding hydrogens is 468 g/mol. The Morgan fingerprint density at radius 1 is 0.711 bits per heavy atom. The third-order valence-electron chi connectivity index (χ3n) is 7.07. The number of anilines is 2. The Bertz CT molecular complexity index is 1700. The van der Waals surface area contributed by atoms with Gasteiger partial charge in [-0.3, -0.25) is 0 Å². The molecule has 1 aromatic heterocycles. The van der Waals surface area contributed by atoms with Crippen molar-refractivity contribution in [3.63, 3.8) is 0 Å². The summed E-state index contributed by atoms with van der Waals surface area (Å²) in [5.74, 6) is 2.30. The first-order valence-electron chi connectivity index (χ1n) is 12.8. The Morgan fingerprint density at radius 2 is 1.39 bits per heavy atom. The Labute approximate surface area is 221 Å². The average Bonchev–Trinajstić information content (AvgIpc) is 3.29. The van der Waals surface area contributed by atoms with Gasteiger partial charge in [-0.1, -0.05) is 78.4 Å². The maximum absolute atomic E-state index is 5.29. The number of aryl methyl sites for hydroxylation is 2. The predicted molar refractivity (Wildman–Crippen MR) is 154 cm³/mol. The lowest BCUT2D eigenvalue weighted by atomic mass is 9.93. The van der Waals surface area contributed by atoms with Crippen LogP contribution in [0.25, 0.3) is 5.69 Å². The Balaban J connectivity index is 1.50. The number of para-hydroxylation sites is 3. The van der Waals surface area contributed by atoms with Crippen LogP contribution in [0, 0.1) is 13.8 Å². The second-order valence-corrected chi connectivity index (χ2v) is 9.63. The lowest BCUT2D eigenvalue weighted by Gasteiger charge is -2.40. The molecule has 6 heteroatoms. The van der Waals surface area contributed by atoms with E-state index < -0.39 is 0 Å². The summed E-state index contributed by atoms with van der Waals surface area (Å²) in [5, 5.41) is 8.56. The number of hydrogen-bond donors (Lipinski definition) is 1. The second-order valence-electron chi connectivity index (χ2n) is 9.63. The van der Waals surface area contributed by atoms with E-state index in [2.05, 4.69) is 96.9 Å². The number of aliphatic imine (C=N–C) groups is 2. The van der Waals surface area contributed by atoms with Crippen LogP contribution in [0.3, 0.4) is 0 Å². The van der Waals surface area contributed by atoms with Crippen molar-refractivity contribution in [2.45, 2.75) is 19.9 Å². The van der Waals surface area contributed by atoms with Crippen LogP contribution in [0.4, 0.5) is 22.9 Å². The minimum Gasteiger partial charge on any atom is -0.337 e. The van der Waals surface area contributed by atoms with Gasteiger partial charge in [0.05, 0.1) is 28.8 Å². The van der Waals surface area contributed by atoms with Crippen molar-refractivity contribution in [3.8, 4) is 5.69 Å². The largest absolute Gasteiger partial charge is 0.337 e. The molecule has 0 radical (unpaired) electrons. The van der Waals surface area contributed by atoms with Crippen LogP contribution in [0.1, 0.15) is 28.4 Å². The third kappa shape index (κ3) is 3.61. The fourth-order valence-corrected chi connectivity index (χ4v) is 5.27. The number of nitrogens with zero attached hydrogens (tertiary/aromatic N) is 5. The Hall–Kier alpha value is -4.97. The van der Waals surface area contributed by atoms with E-state index in [4.69, 9.17) is 15.1 Å². The van der Waals surface area contributed by atoms with E-state index in [1.54, 1.807) is 0 Å². The summed E-state index contributed by atoms with van der Waals surface area (Å²) in [6.45, 7) is 4.17. The van der Waals surface area contributed by atoms with E-state index in [1.807, 2.05) is 41.1 Å². The number of rotatable bonds is 3. The molecule has 1 N–H and O–H groups in total. The van der Waals surface area contributed by atoms with Crippen molar-refractivity contribution < 1.29 is 0 Å². The van der Waals surface area contributed by atoms with E-state index in [9.17, 15) is 0 Å². The normalized spacial score (nSPS) is 15.6. The highest BCUT2D eigenvalue weighted by Crippen LogP contribution is 2.48. The van der Waals surface area contributed by atoms with Crippen LogP contribution in [0.5, 0.6) is 0 Å². The summed E-state index contributed by atoms with van der Waals surface area (Å²) in [6, 6.07) is 37.3. The third-order valence-corrected chi connectivity index (χ3v) is 7.07. The Kier molecular flexibility index (Phi) is 5.18. The fourth-order valence-electron chi connectivity index (χ4n) is 5.27. The van der Waals surface area contributed by atoms with Crippen LogP contribution in [0.2, 0.25) is 0 Å². The first-order chi connectivity index (χ1) is 18.7. The molecule has 184 valence electrons. The van der Waals surface area contributed by atoms with Gasteiger partial charge in [-0.05, 0) is 55.8 Å². The van der Waals surface area contributed by atoms with Gasteiger partial charge in [0.1, 0.15) is 0 Å². The van der Waals surface area contributed by atoms with Crippen LogP contribution in [-0.2, 0) is 0 Å². The van der Waals surface area contributed by atoms with Gasteiger partial charge in [0.2, 0.25) is 0 Å². The molecule has 1 atom stereocenters. The van der Waals surface area contributed by atoms with E-state index >= 15 is 0 Å². The summed E-state index contributed by atoms with van der Waals surface area (Å²) in [4.78, 5) is 12.6. The molecule has 0 unspecified atom stereocenters.